The van der Waals surface area contributed by atoms with Gasteiger partial charge in [-0.25, -0.2) is 9.18 Å². The summed E-state index contributed by atoms with van der Waals surface area (Å²) in [5, 5.41) is 0. The molecule has 0 unspecified atom stereocenters. The summed E-state index contributed by atoms with van der Waals surface area (Å²) >= 11 is 0. The summed E-state index contributed by atoms with van der Waals surface area (Å²) in [5.74, 6) is -1.43. The van der Waals surface area contributed by atoms with Crippen molar-refractivity contribution in [2.45, 2.75) is 0 Å². The van der Waals surface area contributed by atoms with Crippen LogP contribution in [0.5, 0.6) is 0 Å². The molecule has 0 amide bonds. The van der Waals surface area contributed by atoms with Crippen LogP contribution in [0.3, 0.4) is 0 Å². The Bertz CT molecular complexity index is 352. The summed E-state index contributed by atoms with van der Waals surface area (Å²) in [7, 11) is 1.17. The number of esters is 1. The minimum atomic E-state index is -0.741. The van der Waals surface area contributed by atoms with Crippen molar-refractivity contribution in [2.24, 2.45) is 0 Å². The third-order valence-corrected chi connectivity index (χ3v) is 1.61. The minimum absolute atomic E-state index is 0.103. The fraction of sp³-hybridized carbons (Fsp3) is 0.125. The molecular formula is C8H9FN2O2. The van der Waals surface area contributed by atoms with E-state index in [1.165, 1.54) is 13.2 Å². The van der Waals surface area contributed by atoms with E-state index >= 15 is 0 Å². The summed E-state index contributed by atoms with van der Waals surface area (Å²) in [6.07, 6.45) is 0. The molecule has 0 fully saturated rings. The highest BCUT2D eigenvalue weighted by atomic mass is 19.1. The predicted molar refractivity (Wildman–Crippen MR) is 46.6 cm³/mol. The van der Waals surface area contributed by atoms with Crippen molar-refractivity contribution in [2.75, 3.05) is 18.6 Å². The summed E-state index contributed by atoms with van der Waals surface area (Å²) in [4.78, 5) is 11.1. The number of carbonyl (C=O) groups is 1. The number of hydrogen-bond acceptors (Lipinski definition) is 4. The molecule has 0 heterocycles. The number of carbonyl (C=O) groups excluding carboxylic acids is 1. The third kappa shape index (κ3) is 1.53. The molecule has 5 heteroatoms. The van der Waals surface area contributed by atoms with Gasteiger partial charge in [-0.1, -0.05) is 0 Å². The maximum absolute atomic E-state index is 12.9. The summed E-state index contributed by atoms with van der Waals surface area (Å²) in [6.45, 7) is 0. The van der Waals surface area contributed by atoms with Crippen molar-refractivity contribution in [1.29, 1.82) is 0 Å². The van der Waals surface area contributed by atoms with Crippen molar-refractivity contribution < 1.29 is 13.9 Å². The molecule has 0 aliphatic rings. The van der Waals surface area contributed by atoms with Crippen molar-refractivity contribution in [1.82, 2.24) is 0 Å². The molecule has 0 aromatic heterocycles. The van der Waals surface area contributed by atoms with Gasteiger partial charge in [-0.3, -0.25) is 0 Å². The molecule has 13 heavy (non-hydrogen) atoms. The van der Waals surface area contributed by atoms with Crippen molar-refractivity contribution in [3.8, 4) is 0 Å². The normalized spacial score (nSPS) is 9.69. The molecule has 0 saturated carbocycles. The van der Waals surface area contributed by atoms with Gasteiger partial charge in [-0.2, -0.15) is 0 Å². The van der Waals surface area contributed by atoms with Crippen LogP contribution in [-0.4, -0.2) is 13.1 Å². The summed E-state index contributed by atoms with van der Waals surface area (Å²) in [6, 6.07) is 2.36. The monoisotopic (exact) mass is 184 g/mol. The van der Waals surface area contributed by atoms with E-state index in [-0.39, 0.29) is 16.9 Å². The molecule has 1 rings (SSSR count). The Hall–Kier alpha value is -1.78. The van der Waals surface area contributed by atoms with Gasteiger partial charge in [0.25, 0.3) is 0 Å². The zero-order chi connectivity index (χ0) is 10.0. The van der Waals surface area contributed by atoms with Gasteiger partial charge >= 0.3 is 5.97 Å². The van der Waals surface area contributed by atoms with Gasteiger partial charge in [0.2, 0.25) is 0 Å². The lowest BCUT2D eigenvalue weighted by molar-refractivity contribution is 0.0602. The Morgan fingerprint density at radius 1 is 1.46 bits per heavy atom. The first-order chi connectivity index (χ1) is 6.07. The summed E-state index contributed by atoms with van der Waals surface area (Å²) < 4.78 is 17.3. The fourth-order valence-corrected chi connectivity index (χ4v) is 0.941. The minimum Gasteiger partial charge on any atom is -0.465 e. The van der Waals surface area contributed by atoms with E-state index in [9.17, 15) is 9.18 Å². The zero-order valence-corrected chi connectivity index (χ0v) is 7.00. The van der Waals surface area contributed by atoms with E-state index in [4.69, 9.17) is 11.5 Å². The second kappa shape index (κ2) is 3.30. The Balaban J connectivity index is 3.33. The van der Waals surface area contributed by atoms with Crippen LogP contribution in [0.25, 0.3) is 0 Å². The summed E-state index contributed by atoms with van der Waals surface area (Å²) in [5.41, 5.74) is 10.4. The van der Waals surface area contributed by atoms with Gasteiger partial charge < -0.3 is 16.2 Å². The molecule has 1 aromatic rings. The number of anilines is 2. The molecule has 70 valence electrons. The molecule has 0 aliphatic carbocycles. The van der Waals surface area contributed by atoms with Crippen LogP contribution in [0, 0.1) is 5.82 Å². The Kier molecular flexibility index (Phi) is 2.36. The first-order valence-corrected chi connectivity index (χ1v) is 3.49. The topological polar surface area (TPSA) is 78.3 Å². The van der Waals surface area contributed by atoms with E-state index in [1.54, 1.807) is 0 Å². The molecule has 0 saturated heterocycles. The Labute approximate surface area is 74.3 Å². The molecule has 1 aromatic carbocycles. The Morgan fingerprint density at radius 2 is 2.08 bits per heavy atom. The molecule has 0 bridgehead atoms. The second-order valence-corrected chi connectivity index (χ2v) is 2.42. The average molecular weight is 184 g/mol. The van der Waals surface area contributed by atoms with Gasteiger partial charge in [-0.05, 0) is 12.1 Å². The van der Waals surface area contributed by atoms with Crippen LogP contribution < -0.4 is 11.5 Å². The lowest BCUT2D eigenvalue weighted by Gasteiger charge is -2.06. The highest BCUT2D eigenvalue weighted by molar-refractivity contribution is 6.00. The van der Waals surface area contributed by atoms with Gasteiger partial charge in [0.15, 0.2) is 0 Å². The maximum Gasteiger partial charge on any atom is 0.342 e. The Morgan fingerprint density at radius 3 is 2.62 bits per heavy atom. The first kappa shape index (κ1) is 9.31. The first-order valence-electron chi connectivity index (χ1n) is 3.49. The predicted octanol–water partition coefficient (Wildman–Crippen LogP) is 0.777. The highest BCUT2D eigenvalue weighted by Crippen LogP contribution is 2.23. The zero-order valence-electron chi connectivity index (χ0n) is 7.00. The van der Waals surface area contributed by atoms with Crippen molar-refractivity contribution >= 4 is 17.3 Å². The second-order valence-electron chi connectivity index (χ2n) is 2.42. The van der Waals surface area contributed by atoms with Gasteiger partial charge in [0.05, 0.1) is 12.8 Å². The van der Waals surface area contributed by atoms with E-state index in [2.05, 4.69) is 4.74 Å². The van der Waals surface area contributed by atoms with E-state index in [0.717, 1.165) is 6.07 Å². The van der Waals surface area contributed by atoms with Crippen LogP contribution in [0.4, 0.5) is 15.8 Å². The highest BCUT2D eigenvalue weighted by Gasteiger charge is 2.16. The molecule has 4 nitrogen and oxygen atoms in total. The quantitative estimate of drug-likeness (QED) is 0.499. The largest absolute Gasteiger partial charge is 0.465 e. The van der Waals surface area contributed by atoms with Crippen LogP contribution in [0.1, 0.15) is 10.4 Å². The number of hydrogen-bond donors (Lipinski definition) is 2. The standard InChI is InChI=1S/C8H9FN2O2/c1-13-8(12)6-5(10)3-2-4(9)7(6)11/h2-3H,10-11H2,1H3. The lowest BCUT2D eigenvalue weighted by atomic mass is 10.1. The van der Waals surface area contributed by atoms with Crippen LogP contribution in [-0.2, 0) is 4.74 Å². The number of benzene rings is 1. The van der Waals surface area contributed by atoms with E-state index in [1.807, 2.05) is 0 Å². The fourth-order valence-electron chi connectivity index (χ4n) is 0.941. The van der Waals surface area contributed by atoms with Crippen molar-refractivity contribution in [3.05, 3.63) is 23.5 Å². The van der Waals surface area contributed by atoms with Gasteiger partial charge in [0.1, 0.15) is 11.4 Å². The van der Waals surface area contributed by atoms with Gasteiger partial charge in [-0.15, -0.1) is 0 Å². The molecule has 0 spiro atoms. The SMILES string of the molecule is COC(=O)c1c(N)ccc(F)c1N. The van der Waals surface area contributed by atoms with Crippen LogP contribution in [0.2, 0.25) is 0 Å². The van der Waals surface area contributed by atoms with E-state index < -0.39 is 11.8 Å². The van der Waals surface area contributed by atoms with Crippen molar-refractivity contribution in [3.63, 3.8) is 0 Å². The number of nitrogens with two attached hydrogens (primary N) is 2. The average Bonchev–Trinajstić information content (AvgIpc) is 2.12. The lowest BCUT2D eigenvalue weighted by Crippen LogP contribution is -2.10. The number of methoxy groups -OCH3 is 1. The number of ether oxygens (including phenoxy) is 1. The molecule has 0 radical (unpaired) electrons. The molecule has 4 N–H and O–H groups in total. The van der Waals surface area contributed by atoms with E-state index in [0.29, 0.717) is 0 Å². The third-order valence-electron chi connectivity index (χ3n) is 1.61. The van der Waals surface area contributed by atoms with Crippen LogP contribution >= 0.6 is 0 Å². The molecule has 0 aliphatic heterocycles. The van der Waals surface area contributed by atoms with Crippen LogP contribution in [0.15, 0.2) is 12.1 Å². The number of rotatable bonds is 1. The number of halogens is 1. The smallest absolute Gasteiger partial charge is 0.342 e. The number of nitrogen functional groups attached to an aromatic ring is 2. The molecule has 0 atom stereocenters. The molecular weight excluding hydrogens is 175 g/mol. The van der Waals surface area contributed by atoms with Gasteiger partial charge in [0, 0.05) is 5.69 Å². The maximum atomic E-state index is 12.9.